The lowest BCUT2D eigenvalue weighted by Crippen LogP contribution is -2.30. The number of phosphoric ester groups is 2. The molecule has 0 aliphatic rings. The second-order valence-corrected chi connectivity index (χ2v) is 27.7. The van der Waals surface area contributed by atoms with E-state index < -0.39 is 97.5 Å². The van der Waals surface area contributed by atoms with Crippen molar-refractivity contribution < 1.29 is 80.2 Å². The first-order chi connectivity index (χ1) is 50.7. The topological polar surface area (TPSA) is 237 Å². The lowest BCUT2D eigenvalue weighted by atomic mass is 10.1. The Morgan fingerprint density at radius 1 is 0.269 bits per heavy atom. The lowest BCUT2D eigenvalue weighted by molar-refractivity contribution is -0.161. The number of ether oxygens (including phenoxy) is 4. The summed E-state index contributed by atoms with van der Waals surface area (Å²) in [4.78, 5) is 72.9. The van der Waals surface area contributed by atoms with Crippen LogP contribution in [0.5, 0.6) is 0 Å². The number of carbonyl (C=O) groups excluding carboxylic acids is 4. The van der Waals surface area contributed by atoms with E-state index in [2.05, 4.69) is 222 Å². The maximum atomic E-state index is 13.1. The maximum Gasteiger partial charge on any atom is 0.472 e. The highest BCUT2D eigenvalue weighted by Crippen LogP contribution is 2.45. The van der Waals surface area contributed by atoms with Gasteiger partial charge in [0.15, 0.2) is 12.2 Å². The number of hydrogen-bond acceptors (Lipinski definition) is 15. The van der Waals surface area contributed by atoms with Crippen molar-refractivity contribution in [3.8, 4) is 0 Å². The summed E-state index contributed by atoms with van der Waals surface area (Å²) in [6, 6.07) is 0. The van der Waals surface area contributed by atoms with Crippen molar-refractivity contribution >= 4 is 39.5 Å². The number of aliphatic hydroxyl groups is 1. The Kier molecular flexibility index (Phi) is 70.7. The van der Waals surface area contributed by atoms with Crippen LogP contribution in [0.25, 0.3) is 0 Å². The van der Waals surface area contributed by atoms with Gasteiger partial charge < -0.3 is 33.8 Å². The number of carbonyl (C=O) groups is 4. The molecule has 0 heterocycles. The lowest BCUT2D eigenvalue weighted by Gasteiger charge is -2.21. The molecule has 0 spiro atoms. The Bertz CT molecular complexity index is 2740. The monoisotopic (exact) mass is 1490 g/mol. The van der Waals surface area contributed by atoms with Crippen LogP contribution < -0.4 is 0 Å². The van der Waals surface area contributed by atoms with Crippen LogP contribution in [0.1, 0.15) is 259 Å². The number of phosphoric acid groups is 2. The van der Waals surface area contributed by atoms with E-state index in [-0.39, 0.29) is 25.7 Å². The molecule has 0 amide bonds. The van der Waals surface area contributed by atoms with Gasteiger partial charge in [0.05, 0.1) is 26.4 Å². The molecule has 19 heteroatoms. The van der Waals surface area contributed by atoms with Crippen LogP contribution in [0.4, 0.5) is 0 Å². The molecule has 3 N–H and O–H groups in total. The van der Waals surface area contributed by atoms with E-state index in [0.29, 0.717) is 32.1 Å². The molecule has 0 saturated carbocycles. The normalized spacial score (nSPS) is 15.0. The Morgan fingerprint density at radius 3 is 0.750 bits per heavy atom. The minimum atomic E-state index is -5.01. The number of allylic oxidation sites excluding steroid dienone is 32. The molecule has 0 aliphatic carbocycles. The Balaban J connectivity index is 5.50. The van der Waals surface area contributed by atoms with Crippen molar-refractivity contribution in [3.63, 3.8) is 0 Å². The highest BCUT2D eigenvalue weighted by atomic mass is 31.2. The van der Waals surface area contributed by atoms with Crippen LogP contribution in [0.2, 0.25) is 0 Å². The van der Waals surface area contributed by atoms with Gasteiger partial charge in [-0.05, 0) is 180 Å². The Labute approximate surface area is 627 Å². The quantitative estimate of drug-likeness (QED) is 0.0169. The minimum Gasteiger partial charge on any atom is -0.462 e. The highest BCUT2D eigenvalue weighted by molar-refractivity contribution is 7.47. The molecule has 0 aliphatic heterocycles. The van der Waals surface area contributed by atoms with Gasteiger partial charge >= 0.3 is 39.5 Å². The van der Waals surface area contributed by atoms with E-state index in [1.165, 1.54) is 0 Å². The summed E-state index contributed by atoms with van der Waals surface area (Å²) >= 11 is 0. The van der Waals surface area contributed by atoms with Crippen LogP contribution in [0.3, 0.4) is 0 Å². The number of unbranched alkanes of at least 4 members (excludes halogenated alkanes) is 12. The maximum absolute atomic E-state index is 13.1. The van der Waals surface area contributed by atoms with E-state index in [4.69, 9.17) is 37.0 Å². The van der Waals surface area contributed by atoms with E-state index in [1.807, 2.05) is 0 Å². The molecular formula is C85H134O17P2. The predicted octanol–water partition coefficient (Wildman–Crippen LogP) is 22.5. The van der Waals surface area contributed by atoms with Crippen molar-refractivity contribution in [3.05, 3.63) is 194 Å². The highest BCUT2D eigenvalue weighted by Gasteiger charge is 2.30. The van der Waals surface area contributed by atoms with Crippen molar-refractivity contribution in [2.24, 2.45) is 0 Å². The zero-order chi connectivity index (χ0) is 76.0. The fraction of sp³-hybridized carbons (Fsp3) is 0.576. The Hall–Kier alpha value is -6.10. The second kappa shape index (κ2) is 75.1. The molecule has 0 saturated heterocycles. The molecule has 5 unspecified atom stereocenters. The third kappa shape index (κ3) is 74.2. The second-order valence-electron chi connectivity index (χ2n) is 24.8. The fourth-order valence-electron chi connectivity index (χ4n) is 9.30. The van der Waals surface area contributed by atoms with E-state index in [0.717, 1.165) is 173 Å². The van der Waals surface area contributed by atoms with Gasteiger partial charge in [-0.1, -0.05) is 248 Å². The summed E-state index contributed by atoms with van der Waals surface area (Å²) in [7, 11) is -10.0. The average Bonchev–Trinajstić information content (AvgIpc) is 0.918. The van der Waals surface area contributed by atoms with Crippen molar-refractivity contribution in [1.82, 2.24) is 0 Å². The van der Waals surface area contributed by atoms with Gasteiger partial charge in [-0.3, -0.25) is 37.3 Å². The predicted molar refractivity (Wildman–Crippen MR) is 426 cm³/mol. The molecule has 17 nitrogen and oxygen atoms in total. The van der Waals surface area contributed by atoms with Crippen molar-refractivity contribution in [2.75, 3.05) is 39.6 Å². The standard InChI is InChI=1S/C85H134O17P2/c1-5-9-13-17-21-25-29-33-37-38-39-40-44-46-50-54-58-62-66-70-83(88)96-76-81(102-85(90)72-68-64-60-56-52-48-43-36-32-28-24-20-16-12-8-4)78-100-104(93,94)98-74-79(86)73-97-103(91,92)99-77-80(101-84(89)71-67-63-59-55-51-47-42-35-31-27-23-19-15-11-7-3)75-95-82(87)69-65-61-57-53-49-45-41-34-30-26-22-18-14-10-6-2/h9-16,21-28,33-37,39-43,46,49-51,53,55,79-81,86H,5-8,17-20,29-32,38,44-45,47-48,52,54,56-78H2,1-4H3,(H,91,92)(H,93,94)/b13-9-,14-10-,15-11-,16-12-,25-21-,26-22-,27-23-,28-24-,37-33-,40-39-,41-34-,42-35-,43-36-,50-46-,53-49-,55-51-. The van der Waals surface area contributed by atoms with Crippen molar-refractivity contribution in [1.29, 1.82) is 0 Å². The molecule has 0 aromatic carbocycles. The average molecular weight is 1490 g/mol. The first-order valence-electron chi connectivity index (χ1n) is 38.7. The molecular weight excluding hydrogens is 1350 g/mol. The molecule has 0 radical (unpaired) electrons. The molecule has 0 aromatic heterocycles. The van der Waals surface area contributed by atoms with E-state index >= 15 is 0 Å². The summed E-state index contributed by atoms with van der Waals surface area (Å²) in [5.41, 5.74) is 0. The molecule has 0 bridgehead atoms. The van der Waals surface area contributed by atoms with E-state index in [1.54, 1.807) is 0 Å². The van der Waals surface area contributed by atoms with Crippen LogP contribution in [-0.4, -0.2) is 96.7 Å². The third-order valence-corrected chi connectivity index (χ3v) is 16.9. The van der Waals surface area contributed by atoms with Gasteiger partial charge in [-0.15, -0.1) is 0 Å². The molecule has 104 heavy (non-hydrogen) atoms. The van der Waals surface area contributed by atoms with Gasteiger partial charge in [0.25, 0.3) is 0 Å². The molecule has 0 fully saturated rings. The molecule has 586 valence electrons. The number of esters is 4. The van der Waals surface area contributed by atoms with Gasteiger partial charge in [0, 0.05) is 25.7 Å². The smallest absolute Gasteiger partial charge is 0.462 e. The van der Waals surface area contributed by atoms with Gasteiger partial charge in [-0.25, -0.2) is 9.13 Å². The largest absolute Gasteiger partial charge is 0.472 e. The van der Waals surface area contributed by atoms with Crippen LogP contribution >= 0.6 is 15.6 Å². The number of aliphatic hydroxyl groups excluding tert-OH is 1. The fourth-order valence-corrected chi connectivity index (χ4v) is 10.9. The SMILES string of the molecule is CC/C=C\C/C=C\C/C=C\C/C=C\C/C=C\CCCCCC(=O)OCC(COP(=O)(O)OCC(O)COP(=O)(O)OCC(COC(=O)CCCC/C=C\C/C=C\C/C=C\C/C=C\CC)OC(=O)CCCC/C=C\C/C=C\C/C=C\C/C=C\CC)OC(=O)CCCCCCC/C=C\C/C=C\C/C=C\CC. The summed E-state index contributed by atoms with van der Waals surface area (Å²) in [6.45, 7) is 4.22. The number of hydrogen-bond donors (Lipinski definition) is 3. The number of rotatable bonds is 70. The van der Waals surface area contributed by atoms with Crippen LogP contribution in [-0.2, 0) is 65.4 Å². The molecule has 0 rings (SSSR count). The Morgan fingerprint density at radius 2 is 0.471 bits per heavy atom. The summed E-state index contributed by atoms with van der Waals surface area (Å²) in [5.74, 6) is -2.35. The van der Waals surface area contributed by atoms with Crippen LogP contribution in [0.15, 0.2) is 194 Å². The van der Waals surface area contributed by atoms with Crippen LogP contribution in [0, 0.1) is 0 Å². The zero-order valence-corrected chi connectivity index (χ0v) is 65.6. The summed E-state index contributed by atoms with van der Waals surface area (Å²) in [5, 5.41) is 10.6. The van der Waals surface area contributed by atoms with E-state index in [9.17, 15) is 43.2 Å². The zero-order valence-electron chi connectivity index (χ0n) is 63.9. The van der Waals surface area contributed by atoms with Crippen molar-refractivity contribution in [2.45, 2.75) is 277 Å². The first kappa shape index (κ1) is 97.9. The minimum absolute atomic E-state index is 0.0246. The molecule has 0 aromatic rings. The van der Waals surface area contributed by atoms with Gasteiger partial charge in [-0.2, -0.15) is 0 Å². The van der Waals surface area contributed by atoms with Gasteiger partial charge in [0.2, 0.25) is 0 Å². The summed E-state index contributed by atoms with van der Waals surface area (Å²) in [6.07, 6.45) is 91.4. The molecule has 5 atom stereocenters. The summed E-state index contributed by atoms with van der Waals surface area (Å²) < 4.78 is 68.4. The van der Waals surface area contributed by atoms with Gasteiger partial charge in [0.1, 0.15) is 19.3 Å². The first-order valence-corrected chi connectivity index (χ1v) is 41.7. The third-order valence-electron chi connectivity index (χ3n) is 15.0.